The zero-order valence-electron chi connectivity index (χ0n) is 14.9. The number of nitrogens with one attached hydrogen (secondary N) is 1. The average molecular weight is 345 g/mol. The van der Waals surface area contributed by atoms with Crippen LogP contribution in [-0.2, 0) is 10.3 Å². The van der Waals surface area contributed by atoms with Crippen LogP contribution >= 0.6 is 0 Å². The average Bonchev–Trinajstić information content (AvgIpc) is 2.82. The second-order valence-electron chi connectivity index (χ2n) is 7.47. The van der Waals surface area contributed by atoms with E-state index in [0.717, 1.165) is 42.3 Å². The summed E-state index contributed by atoms with van der Waals surface area (Å²) in [6, 6.07) is 8.77. The molecule has 3 rings (SSSR count). The molecule has 0 saturated carbocycles. The summed E-state index contributed by atoms with van der Waals surface area (Å²) in [7, 11) is 0. The van der Waals surface area contributed by atoms with Gasteiger partial charge in [0.05, 0.1) is 12.6 Å². The number of hydrogen-bond acceptors (Lipinski definition) is 4. The Morgan fingerprint density at radius 3 is 2.48 bits per heavy atom. The van der Waals surface area contributed by atoms with E-state index in [1.807, 2.05) is 30.3 Å². The van der Waals surface area contributed by atoms with Crippen LogP contribution in [0.3, 0.4) is 0 Å². The lowest BCUT2D eigenvalue weighted by Gasteiger charge is -2.32. The van der Waals surface area contributed by atoms with Gasteiger partial charge in [-0.3, -0.25) is 9.69 Å². The number of likely N-dealkylation sites (tertiary alicyclic amines) is 1. The van der Waals surface area contributed by atoms with Crippen LogP contribution in [0.15, 0.2) is 30.3 Å². The van der Waals surface area contributed by atoms with E-state index >= 15 is 0 Å². The number of β-amino-alcohol motifs (C(OH)–C–C–N with tert-alkyl or cyclic N) is 1. The molecule has 0 spiro atoms. The van der Waals surface area contributed by atoms with E-state index in [1.165, 1.54) is 0 Å². The van der Waals surface area contributed by atoms with Crippen molar-refractivity contribution in [1.29, 1.82) is 0 Å². The lowest BCUT2D eigenvalue weighted by molar-refractivity contribution is -0.132. The van der Waals surface area contributed by atoms with E-state index < -0.39 is 17.7 Å². The van der Waals surface area contributed by atoms with E-state index in [-0.39, 0.29) is 12.5 Å². The van der Waals surface area contributed by atoms with Gasteiger partial charge in [-0.25, -0.2) is 4.79 Å². The summed E-state index contributed by atoms with van der Waals surface area (Å²) in [6.45, 7) is 6.39. The number of carbonyl (C=O) groups is 2. The maximum Gasteiger partial charge on any atom is 0.325 e. The van der Waals surface area contributed by atoms with Crippen LogP contribution in [0.5, 0.6) is 0 Å². The first-order valence-corrected chi connectivity index (χ1v) is 9.00. The Labute approximate surface area is 148 Å². The van der Waals surface area contributed by atoms with Gasteiger partial charge in [-0.15, -0.1) is 0 Å². The zero-order chi connectivity index (χ0) is 18.0. The topological polar surface area (TPSA) is 72.9 Å². The van der Waals surface area contributed by atoms with Gasteiger partial charge in [-0.1, -0.05) is 37.3 Å². The monoisotopic (exact) mass is 345 g/mol. The predicted octanol–water partition coefficient (Wildman–Crippen LogP) is 1.55. The largest absolute Gasteiger partial charge is 0.390 e. The number of carbonyl (C=O) groups excluding carboxylic acids is 2. The quantitative estimate of drug-likeness (QED) is 0.794. The third-order valence-electron chi connectivity index (χ3n) is 5.36. The Morgan fingerprint density at radius 1 is 1.20 bits per heavy atom. The fourth-order valence-electron chi connectivity index (χ4n) is 3.64. The minimum atomic E-state index is -1.07. The van der Waals surface area contributed by atoms with Crippen molar-refractivity contribution in [3.8, 4) is 0 Å². The molecule has 2 unspecified atom stereocenters. The number of benzene rings is 1. The van der Waals surface area contributed by atoms with Crippen LogP contribution < -0.4 is 5.32 Å². The number of piperidine rings is 1. The molecule has 2 N–H and O–H groups in total. The number of imide groups is 1. The summed E-state index contributed by atoms with van der Waals surface area (Å²) in [4.78, 5) is 28.5. The summed E-state index contributed by atoms with van der Waals surface area (Å²) in [5.74, 6) is 0.418. The highest BCUT2D eigenvalue weighted by Gasteiger charge is 2.49. The number of nitrogens with zero attached hydrogens (tertiary/aromatic N) is 2. The van der Waals surface area contributed by atoms with Gasteiger partial charge in [0.25, 0.3) is 5.91 Å². The van der Waals surface area contributed by atoms with Crippen molar-refractivity contribution in [2.75, 3.05) is 26.2 Å². The molecule has 0 radical (unpaired) electrons. The second-order valence-corrected chi connectivity index (χ2v) is 7.47. The molecular formula is C19H27N3O3. The molecule has 2 fully saturated rings. The molecule has 136 valence electrons. The minimum Gasteiger partial charge on any atom is -0.390 e. The summed E-state index contributed by atoms with van der Waals surface area (Å²) >= 11 is 0. The molecule has 25 heavy (non-hydrogen) atoms. The second kappa shape index (κ2) is 7.14. The minimum absolute atomic E-state index is 0.0269. The van der Waals surface area contributed by atoms with Gasteiger partial charge in [0, 0.05) is 6.54 Å². The van der Waals surface area contributed by atoms with Gasteiger partial charge >= 0.3 is 6.03 Å². The molecule has 1 aromatic carbocycles. The molecular weight excluding hydrogens is 318 g/mol. The molecule has 3 amide bonds. The van der Waals surface area contributed by atoms with Crippen LogP contribution in [0.25, 0.3) is 0 Å². The Balaban J connectivity index is 1.63. The number of amides is 3. The lowest BCUT2D eigenvalue weighted by atomic mass is 9.92. The standard InChI is InChI=1S/C19H27N3O3/c1-14-8-10-21(11-9-14)12-16(23)13-22-17(24)19(2,20-18(22)25)15-6-4-3-5-7-15/h3-7,14,16,23H,8-13H2,1-2H3,(H,20,25). The summed E-state index contributed by atoms with van der Waals surface area (Å²) in [6.07, 6.45) is 1.52. The molecule has 0 aromatic heterocycles. The van der Waals surface area contributed by atoms with Gasteiger partial charge in [-0.2, -0.15) is 0 Å². The molecule has 2 heterocycles. The smallest absolute Gasteiger partial charge is 0.325 e. The van der Waals surface area contributed by atoms with Crippen LogP contribution in [0.2, 0.25) is 0 Å². The third-order valence-corrected chi connectivity index (χ3v) is 5.36. The number of aliphatic hydroxyl groups excluding tert-OH is 1. The molecule has 2 aliphatic heterocycles. The Morgan fingerprint density at radius 2 is 1.84 bits per heavy atom. The van der Waals surface area contributed by atoms with E-state index in [9.17, 15) is 14.7 Å². The van der Waals surface area contributed by atoms with Crippen molar-refractivity contribution in [3.63, 3.8) is 0 Å². The number of urea groups is 1. The van der Waals surface area contributed by atoms with Gasteiger partial charge in [0.2, 0.25) is 0 Å². The van der Waals surface area contributed by atoms with E-state index in [0.29, 0.717) is 6.54 Å². The molecule has 2 saturated heterocycles. The fourth-order valence-corrected chi connectivity index (χ4v) is 3.64. The van der Waals surface area contributed by atoms with E-state index in [1.54, 1.807) is 6.92 Å². The predicted molar refractivity (Wildman–Crippen MR) is 94.9 cm³/mol. The summed E-state index contributed by atoms with van der Waals surface area (Å²) in [5, 5.41) is 13.2. The molecule has 0 aliphatic carbocycles. The van der Waals surface area contributed by atoms with E-state index in [2.05, 4.69) is 17.1 Å². The molecule has 1 aromatic rings. The van der Waals surface area contributed by atoms with Crippen LogP contribution in [0.1, 0.15) is 32.3 Å². The molecule has 2 atom stereocenters. The van der Waals surface area contributed by atoms with Crippen molar-refractivity contribution in [2.45, 2.75) is 38.3 Å². The lowest BCUT2D eigenvalue weighted by Crippen LogP contribution is -2.45. The highest BCUT2D eigenvalue weighted by atomic mass is 16.3. The SMILES string of the molecule is CC1CCN(CC(O)CN2C(=O)NC(C)(c3ccccc3)C2=O)CC1. The highest BCUT2D eigenvalue weighted by Crippen LogP contribution is 2.28. The van der Waals surface area contributed by atoms with Gasteiger partial charge in [-0.05, 0) is 44.3 Å². The Hall–Kier alpha value is -1.92. The van der Waals surface area contributed by atoms with Gasteiger partial charge in [0.1, 0.15) is 5.54 Å². The maximum atomic E-state index is 12.8. The molecule has 6 heteroatoms. The molecule has 2 aliphatic rings. The van der Waals surface area contributed by atoms with Crippen molar-refractivity contribution in [1.82, 2.24) is 15.1 Å². The number of aliphatic hydroxyl groups is 1. The number of rotatable bonds is 5. The van der Waals surface area contributed by atoms with Gasteiger partial charge in [0.15, 0.2) is 0 Å². The first-order valence-electron chi connectivity index (χ1n) is 9.00. The Kier molecular flexibility index (Phi) is 5.11. The zero-order valence-corrected chi connectivity index (χ0v) is 14.9. The van der Waals surface area contributed by atoms with Crippen molar-refractivity contribution in [2.24, 2.45) is 5.92 Å². The Bertz CT molecular complexity index is 628. The van der Waals surface area contributed by atoms with Crippen LogP contribution in [0, 0.1) is 5.92 Å². The van der Waals surface area contributed by atoms with Crippen molar-refractivity contribution in [3.05, 3.63) is 35.9 Å². The molecule has 6 nitrogen and oxygen atoms in total. The maximum absolute atomic E-state index is 12.8. The third kappa shape index (κ3) is 3.70. The first kappa shape index (κ1) is 17.9. The number of hydrogen-bond donors (Lipinski definition) is 2. The first-order chi connectivity index (χ1) is 11.9. The van der Waals surface area contributed by atoms with Crippen LogP contribution in [0.4, 0.5) is 4.79 Å². The van der Waals surface area contributed by atoms with Gasteiger partial charge < -0.3 is 15.3 Å². The normalized spacial score (nSPS) is 26.8. The summed E-state index contributed by atoms with van der Waals surface area (Å²) < 4.78 is 0. The van der Waals surface area contributed by atoms with Crippen molar-refractivity contribution < 1.29 is 14.7 Å². The van der Waals surface area contributed by atoms with Crippen molar-refractivity contribution >= 4 is 11.9 Å². The van der Waals surface area contributed by atoms with Crippen LogP contribution in [-0.4, -0.2) is 59.1 Å². The summed E-state index contributed by atoms with van der Waals surface area (Å²) in [5.41, 5.74) is -0.325. The fraction of sp³-hybridized carbons (Fsp3) is 0.579. The highest BCUT2D eigenvalue weighted by molar-refractivity contribution is 6.07. The van der Waals surface area contributed by atoms with E-state index in [4.69, 9.17) is 0 Å². The molecule has 0 bridgehead atoms.